The van der Waals surface area contributed by atoms with Gasteiger partial charge < -0.3 is 14.5 Å². The highest BCUT2D eigenvalue weighted by Gasteiger charge is 2.45. The van der Waals surface area contributed by atoms with Crippen LogP contribution in [0.1, 0.15) is 31.2 Å². The Balaban J connectivity index is 1.28. The van der Waals surface area contributed by atoms with Crippen LogP contribution in [0.3, 0.4) is 0 Å². The summed E-state index contributed by atoms with van der Waals surface area (Å²) in [4.78, 5) is 5.09. The highest BCUT2D eigenvalue weighted by Crippen LogP contribution is 2.48. The summed E-state index contributed by atoms with van der Waals surface area (Å²) in [5.41, 5.74) is 2.58. The lowest BCUT2D eigenvalue weighted by Gasteiger charge is -2.41. The molecule has 27 heavy (non-hydrogen) atoms. The Kier molecular flexibility index (Phi) is 4.52. The Bertz CT molecular complexity index is 725. The summed E-state index contributed by atoms with van der Waals surface area (Å²) in [6.45, 7) is 6.16. The van der Waals surface area contributed by atoms with Gasteiger partial charge in [-0.15, -0.1) is 0 Å². The van der Waals surface area contributed by atoms with E-state index in [0.717, 1.165) is 63.4 Å². The number of piperidine rings is 1. The normalized spacial score (nSPS) is 31.2. The zero-order valence-corrected chi connectivity index (χ0v) is 16.4. The van der Waals surface area contributed by atoms with E-state index in [2.05, 4.69) is 22.0 Å². The molecule has 3 atom stereocenters. The fraction of sp³-hybridized carbons (Fsp3) is 0.652. The summed E-state index contributed by atoms with van der Waals surface area (Å²) in [6, 6.07) is 5.39. The van der Waals surface area contributed by atoms with Gasteiger partial charge in [0.15, 0.2) is 0 Å². The quantitative estimate of drug-likeness (QED) is 0.733. The van der Waals surface area contributed by atoms with Gasteiger partial charge in [0.25, 0.3) is 0 Å². The van der Waals surface area contributed by atoms with Crippen molar-refractivity contribution in [2.45, 2.75) is 31.1 Å². The number of ether oxygens (including phenoxy) is 1. The summed E-state index contributed by atoms with van der Waals surface area (Å²) in [5.74, 6) is 2.45. The van der Waals surface area contributed by atoms with Crippen molar-refractivity contribution >= 4 is 5.69 Å². The van der Waals surface area contributed by atoms with Gasteiger partial charge >= 0.3 is 0 Å². The summed E-state index contributed by atoms with van der Waals surface area (Å²) in [6.07, 6.45) is 9.97. The second-order valence-corrected chi connectivity index (χ2v) is 9.20. The third-order valence-corrected chi connectivity index (χ3v) is 7.65. The van der Waals surface area contributed by atoms with Crippen LogP contribution in [0.5, 0.6) is 0 Å². The van der Waals surface area contributed by atoms with Crippen LogP contribution < -0.4 is 4.90 Å². The molecule has 2 aliphatic heterocycles. The van der Waals surface area contributed by atoms with Crippen LogP contribution in [-0.2, 0) is 10.2 Å². The molecule has 0 amide bonds. The Morgan fingerprint density at radius 2 is 2.04 bits per heavy atom. The van der Waals surface area contributed by atoms with Gasteiger partial charge in [-0.2, -0.15) is 0 Å². The van der Waals surface area contributed by atoms with E-state index in [-0.39, 0.29) is 11.2 Å². The van der Waals surface area contributed by atoms with E-state index in [9.17, 15) is 4.39 Å². The molecule has 0 N–H and O–H groups in total. The minimum atomic E-state index is -0.0992. The first-order chi connectivity index (χ1) is 13.2. The number of methoxy groups -OCH3 is 1. The molecule has 1 saturated carbocycles. The molecule has 1 saturated heterocycles. The SMILES string of the molecule is COCCN1CC2(CCN(C[C@H]3C[C@H]4C=C[C@@H]3C4)CC2)c2cc(F)ccc21. The lowest BCUT2D eigenvalue weighted by atomic mass is 9.74. The van der Waals surface area contributed by atoms with Crippen LogP contribution in [0, 0.1) is 23.6 Å². The molecule has 1 aromatic rings. The number of benzene rings is 1. The molecule has 146 valence electrons. The first kappa shape index (κ1) is 17.7. The van der Waals surface area contributed by atoms with Gasteiger partial charge in [0.2, 0.25) is 0 Å². The predicted octanol–water partition coefficient (Wildman–Crippen LogP) is 3.84. The molecule has 0 unspecified atom stereocenters. The number of fused-ring (bicyclic) bond motifs is 4. The largest absolute Gasteiger partial charge is 0.383 e. The summed E-state index contributed by atoms with van der Waals surface area (Å²) in [5, 5.41) is 0. The van der Waals surface area contributed by atoms with E-state index in [1.807, 2.05) is 6.07 Å². The molecule has 5 rings (SSSR count). The number of allylic oxidation sites excluding steroid dienone is 2. The second kappa shape index (κ2) is 6.89. The van der Waals surface area contributed by atoms with Gasteiger partial charge in [0.1, 0.15) is 5.82 Å². The molecular formula is C23H31FN2O. The molecule has 2 aliphatic carbocycles. The number of nitrogens with zero attached hydrogens (tertiary/aromatic N) is 2. The number of rotatable bonds is 5. The molecule has 1 aromatic carbocycles. The number of likely N-dealkylation sites (tertiary alicyclic amines) is 1. The monoisotopic (exact) mass is 370 g/mol. The summed E-state index contributed by atoms with van der Waals surface area (Å²) < 4.78 is 19.4. The number of halogens is 1. The van der Waals surface area contributed by atoms with Crippen molar-refractivity contribution in [1.82, 2.24) is 4.90 Å². The van der Waals surface area contributed by atoms with Crippen LogP contribution in [0.25, 0.3) is 0 Å². The molecule has 0 radical (unpaired) electrons. The van der Waals surface area contributed by atoms with Crippen molar-refractivity contribution in [3.63, 3.8) is 0 Å². The van der Waals surface area contributed by atoms with Gasteiger partial charge in [0, 0.05) is 37.8 Å². The minimum absolute atomic E-state index is 0.0992. The molecule has 1 spiro atoms. The van der Waals surface area contributed by atoms with Crippen molar-refractivity contribution in [3.8, 4) is 0 Å². The highest BCUT2D eigenvalue weighted by atomic mass is 19.1. The van der Waals surface area contributed by atoms with E-state index in [1.165, 1.54) is 30.6 Å². The summed E-state index contributed by atoms with van der Waals surface area (Å²) in [7, 11) is 1.75. The Hall–Kier alpha value is -1.39. The van der Waals surface area contributed by atoms with Crippen molar-refractivity contribution < 1.29 is 9.13 Å². The first-order valence-corrected chi connectivity index (χ1v) is 10.6. The van der Waals surface area contributed by atoms with Crippen molar-refractivity contribution in [3.05, 3.63) is 41.7 Å². The maximum Gasteiger partial charge on any atom is 0.123 e. The average molecular weight is 371 g/mol. The van der Waals surface area contributed by atoms with Gasteiger partial charge in [-0.05, 0) is 80.3 Å². The lowest BCUT2D eigenvalue weighted by molar-refractivity contribution is 0.137. The molecule has 2 bridgehead atoms. The standard InChI is InChI=1S/C23H31FN2O/c1-27-11-10-26-16-23(21-14-20(24)4-5-22(21)26)6-8-25(9-7-23)15-19-13-17-2-3-18(19)12-17/h2-5,14,17-19H,6-13,15-16H2,1H3/t17-,18+,19+/m0/s1. The number of hydrogen-bond donors (Lipinski definition) is 0. The maximum atomic E-state index is 14.1. The Morgan fingerprint density at radius 1 is 1.19 bits per heavy atom. The topological polar surface area (TPSA) is 15.7 Å². The zero-order valence-electron chi connectivity index (χ0n) is 16.4. The average Bonchev–Trinajstić information content (AvgIpc) is 3.36. The third-order valence-electron chi connectivity index (χ3n) is 7.65. The van der Waals surface area contributed by atoms with Crippen LogP contribution in [0.2, 0.25) is 0 Å². The van der Waals surface area contributed by atoms with Gasteiger partial charge in [-0.25, -0.2) is 4.39 Å². The fourth-order valence-corrected chi connectivity index (χ4v) is 6.17. The number of hydrogen-bond acceptors (Lipinski definition) is 3. The van der Waals surface area contributed by atoms with Gasteiger partial charge in [0.05, 0.1) is 6.61 Å². The first-order valence-electron chi connectivity index (χ1n) is 10.6. The molecule has 4 heteroatoms. The molecule has 4 aliphatic rings. The van der Waals surface area contributed by atoms with Crippen LogP contribution in [-0.4, -0.2) is 51.3 Å². The number of anilines is 1. The Labute approximate surface area is 162 Å². The maximum absolute atomic E-state index is 14.1. The van der Waals surface area contributed by atoms with Crippen molar-refractivity contribution in [2.24, 2.45) is 17.8 Å². The predicted molar refractivity (Wildman–Crippen MR) is 107 cm³/mol. The second-order valence-electron chi connectivity index (χ2n) is 9.20. The van der Waals surface area contributed by atoms with Crippen LogP contribution in [0.15, 0.2) is 30.4 Å². The van der Waals surface area contributed by atoms with Crippen molar-refractivity contribution in [1.29, 1.82) is 0 Å². The smallest absolute Gasteiger partial charge is 0.123 e. The van der Waals surface area contributed by atoms with E-state index in [4.69, 9.17) is 4.74 Å². The third kappa shape index (κ3) is 3.11. The minimum Gasteiger partial charge on any atom is -0.383 e. The van der Waals surface area contributed by atoms with E-state index < -0.39 is 0 Å². The lowest BCUT2D eigenvalue weighted by Crippen LogP contribution is -2.47. The van der Waals surface area contributed by atoms with Gasteiger partial charge in [-0.1, -0.05) is 12.2 Å². The van der Waals surface area contributed by atoms with Crippen LogP contribution in [0.4, 0.5) is 10.1 Å². The van der Waals surface area contributed by atoms with E-state index in [0.29, 0.717) is 0 Å². The van der Waals surface area contributed by atoms with Crippen molar-refractivity contribution in [2.75, 3.05) is 51.3 Å². The Morgan fingerprint density at radius 3 is 2.74 bits per heavy atom. The zero-order chi connectivity index (χ0) is 18.4. The fourth-order valence-electron chi connectivity index (χ4n) is 6.17. The summed E-state index contributed by atoms with van der Waals surface area (Å²) >= 11 is 0. The molecule has 2 heterocycles. The molecule has 2 fully saturated rings. The molecular weight excluding hydrogens is 339 g/mol. The van der Waals surface area contributed by atoms with Gasteiger partial charge in [-0.3, -0.25) is 0 Å². The van der Waals surface area contributed by atoms with Crippen LogP contribution >= 0.6 is 0 Å². The molecule has 0 aromatic heterocycles. The van der Waals surface area contributed by atoms with E-state index in [1.54, 1.807) is 19.2 Å². The molecule has 3 nitrogen and oxygen atoms in total. The highest BCUT2D eigenvalue weighted by molar-refractivity contribution is 5.63. The van der Waals surface area contributed by atoms with E-state index >= 15 is 0 Å².